The molecule has 11 heteroatoms. The SMILES string of the molecule is COCCn1c(=O)c2c(-c3nc(-c4ccc(F)cc4F)no3)ncn2c2ccc(F)cc21. The highest BCUT2D eigenvalue weighted by atomic mass is 19.1. The van der Waals surface area contributed by atoms with Crippen LogP contribution in [0.25, 0.3) is 39.5 Å². The zero-order valence-corrected chi connectivity index (χ0v) is 16.6. The van der Waals surface area contributed by atoms with E-state index in [4.69, 9.17) is 9.26 Å². The predicted octanol–water partition coefficient (Wildman–Crippen LogP) is 3.43. The Hall–Kier alpha value is -3.99. The first-order valence-corrected chi connectivity index (χ1v) is 9.45. The van der Waals surface area contributed by atoms with Crippen molar-refractivity contribution >= 4 is 16.6 Å². The molecule has 0 unspecified atom stereocenters. The highest BCUT2D eigenvalue weighted by Crippen LogP contribution is 2.27. The lowest BCUT2D eigenvalue weighted by atomic mass is 10.2. The van der Waals surface area contributed by atoms with Crippen molar-refractivity contribution < 1.29 is 22.4 Å². The number of aromatic nitrogens is 5. The van der Waals surface area contributed by atoms with Crippen LogP contribution in [0.4, 0.5) is 13.2 Å². The molecule has 2 aromatic carbocycles. The summed E-state index contributed by atoms with van der Waals surface area (Å²) in [5, 5.41) is 3.74. The summed E-state index contributed by atoms with van der Waals surface area (Å²) >= 11 is 0. The van der Waals surface area contributed by atoms with Gasteiger partial charge in [0, 0.05) is 19.7 Å². The Morgan fingerprint density at radius 2 is 1.84 bits per heavy atom. The lowest BCUT2D eigenvalue weighted by Gasteiger charge is -2.12. The van der Waals surface area contributed by atoms with Gasteiger partial charge in [-0.1, -0.05) is 5.16 Å². The topological polar surface area (TPSA) is 87.5 Å². The van der Waals surface area contributed by atoms with Crippen LogP contribution in [0.2, 0.25) is 0 Å². The molecule has 0 amide bonds. The number of imidazole rings is 1. The lowest BCUT2D eigenvalue weighted by Crippen LogP contribution is -2.25. The van der Waals surface area contributed by atoms with E-state index < -0.39 is 23.0 Å². The van der Waals surface area contributed by atoms with E-state index in [0.29, 0.717) is 17.1 Å². The van der Waals surface area contributed by atoms with Crippen LogP contribution in [0.5, 0.6) is 0 Å². The molecule has 0 bridgehead atoms. The van der Waals surface area contributed by atoms with Crippen LogP contribution >= 0.6 is 0 Å². The van der Waals surface area contributed by atoms with Crippen molar-refractivity contribution in [3.05, 3.63) is 70.5 Å². The highest BCUT2D eigenvalue weighted by Gasteiger charge is 2.22. The molecule has 0 saturated carbocycles. The Bertz CT molecular complexity index is 1540. The maximum Gasteiger partial charge on any atom is 0.279 e. The number of rotatable bonds is 5. The fraction of sp³-hybridized carbons (Fsp3) is 0.143. The molecule has 3 aromatic heterocycles. The summed E-state index contributed by atoms with van der Waals surface area (Å²) in [7, 11) is 1.49. The molecular weight excluding hydrogens is 427 g/mol. The lowest BCUT2D eigenvalue weighted by molar-refractivity contribution is 0.187. The minimum Gasteiger partial charge on any atom is -0.383 e. The van der Waals surface area contributed by atoms with E-state index in [1.54, 1.807) is 0 Å². The minimum absolute atomic E-state index is 0.0663. The van der Waals surface area contributed by atoms with Gasteiger partial charge < -0.3 is 13.8 Å². The molecular formula is C21H14F3N5O3. The average molecular weight is 441 g/mol. The Labute approximate surface area is 177 Å². The molecule has 8 nitrogen and oxygen atoms in total. The van der Waals surface area contributed by atoms with Gasteiger partial charge >= 0.3 is 0 Å². The summed E-state index contributed by atoms with van der Waals surface area (Å²) < 4.78 is 54.4. The van der Waals surface area contributed by atoms with E-state index in [1.807, 2.05) is 0 Å². The molecule has 0 aliphatic heterocycles. The number of hydrogen-bond donors (Lipinski definition) is 0. The summed E-state index contributed by atoms with van der Waals surface area (Å²) in [4.78, 5) is 21.7. The summed E-state index contributed by atoms with van der Waals surface area (Å²) in [5.74, 6) is -2.34. The molecule has 32 heavy (non-hydrogen) atoms. The highest BCUT2D eigenvalue weighted by molar-refractivity contribution is 5.83. The number of halogens is 3. The molecule has 0 saturated heterocycles. The van der Waals surface area contributed by atoms with Gasteiger partial charge in [0.25, 0.3) is 11.4 Å². The quantitative estimate of drug-likeness (QED) is 0.415. The normalized spacial score (nSPS) is 11.6. The number of methoxy groups -OCH3 is 1. The summed E-state index contributed by atoms with van der Waals surface area (Å²) in [6, 6.07) is 7.02. The van der Waals surface area contributed by atoms with Gasteiger partial charge in [0.05, 0.1) is 23.2 Å². The van der Waals surface area contributed by atoms with Gasteiger partial charge in [0.2, 0.25) is 5.82 Å². The fourth-order valence-corrected chi connectivity index (χ4v) is 3.55. The molecule has 0 N–H and O–H groups in total. The Balaban J connectivity index is 1.72. The number of nitrogens with zero attached hydrogens (tertiary/aromatic N) is 5. The largest absolute Gasteiger partial charge is 0.383 e. The number of benzene rings is 2. The van der Waals surface area contributed by atoms with E-state index in [2.05, 4.69) is 15.1 Å². The average Bonchev–Trinajstić information content (AvgIpc) is 3.41. The van der Waals surface area contributed by atoms with Gasteiger partial charge in [-0.15, -0.1) is 0 Å². The van der Waals surface area contributed by atoms with Crippen molar-refractivity contribution in [2.75, 3.05) is 13.7 Å². The molecule has 5 rings (SSSR count). The molecule has 0 radical (unpaired) electrons. The van der Waals surface area contributed by atoms with Crippen LogP contribution in [0, 0.1) is 17.5 Å². The summed E-state index contributed by atoms with van der Waals surface area (Å²) in [6.07, 6.45) is 1.38. The second-order valence-electron chi connectivity index (χ2n) is 6.94. The molecule has 0 atom stereocenters. The Morgan fingerprint density at radius 1 is 1.06 bits per heavy atom. The second-order valence-corrected chi connectivity index (χ2v) is 6.94. The number of ether oxygens (including phenoxy) is 1. The molecule has 0 spiro atoms. The van der Waals surface area contributed by atoms with Crippen molar-refractivity contribution in [2.24, 2.45) is 0 Å². The first kappa shape index (κ1) is 19.9. The Kier molecular flexibility index (Phi) is 4.74. The standard InChI is InChI=1S/C21H14F3N5O3/c1-31-7-6-28-16-9-12(23)3-5-15(16)29-10-25-17(18(29)21(28)30)20-26-19(27-32-20)13-4-2-11(22)8-14(13)24/h2-5,8-10H,6-7H2,1H3. The van der Waals surface area contributed by atoms with Crippen LogP contribution in [0.3, 0.4) is 0 Å². The molecule has 3 heterocycles. The Morgan fingerprint density at radius 3 is 2.62 bits per heavy atom. The van der Waals surface area contributed by atoms with Crippen molar-refractivity contribution in [3.63, 3.8) is 0 Å². The maximum atomic E-state index is 14.1. The van der Waals surface area contributed by atoms with E-state index >= 15 is 0 Å². The molecule has 162 valence electrons. The van der Waals surface area contributed by atoms with E-state index in [0.717, 1.165) is 6.07 Å². The van der Waals surface area contributed by atoms with Gasteiger partial charge in [-0.3, -0.25) is 9.20 Å². The summed E-state index contributed by atoms with van der Waals surface area (Å²) in [6.45, 7) is 0.395. The molecule has 5 aromatic rings. The van der Waals surface area contributed by atoms with Gasteiger partial charge in [-0.25, -0.2) is 18.2 Å². The zero-order valence-electron chi connectivity index (χ0n) is 16.6. The molecule has 0 aliphatic rings. The van der Waals surface area contributed by atoms with Crippen LogP contribution in [-0.2, 0) is 11.3 Å². The third kappa shape index (κ3) is 3.14. The van der Waals surface area contributed by atoms with Crippen molar-refractivity contribution in [1.29, 1.82) is 0 Å². The van der Waals surface area contributed by atoms with E-state index in [9.17, 15) is 18.0 Å². The second kappa shape index (κ2) is 7.61. The molecule has 0 aliphatic carbocycles. The minimum atomic E-state index is -0.859. The van der Waals surface area contributed by atoms with Gasteiger partial charge in [-0.05, 0) is 30.3 Å². The van der Waals surface area contributed by atoms with Crippen LogP contribution in [0.1, 0.15) is 0 Å². The van der Waals surface area contributed by atoms with Crippen LogP contribution < -0.4 is 5.56 Å². The van der Waals surface area contributed by atoms with Crippen LogP contribution in [-0.4, -0.2) is 37.8 Å². The van der Waals surface area contributed by atoms with Gasteiger partial charge in [0.15, 0.2) is 5.69 Å². The van der Waals surface area contributed by atoms with Crippen molar-refractivity contribution in [2.45, 2.75) is 6.54 Å². The smallest absolute Gasteiger partial charge is 0.279 e. The first-order valence-electron chi connectivity index (χ1n) is 9.45. The molecule has 0 fully saturated rings. The van der Waals surface area contributed by atoms with Gasteiger partial charge in [-0.2, -0.15) is 4.98 Å². The van der Waals surface area contributed by atoms with E-state index in [1.165, 1.54) is 46.7 Å². The number of hydrogen-bond acceptors (Lipinski definition) is 6. The van der Waals surface area contributed by atoms with Gasteiger partial charge in [0.1, 0.15) is 29.3 Å². The predicted molar refractivity (Wildman–Crippen MR) is 107 cm³/mol. The zero-order chi connectivity index (χ0) is 22.4. The van der Waals surface area contributed by atoms with Crippen molar-refractivity contribution in [1.82, 2.24) is 24.1 Å². The fourth-order valence-electron chi connectivity index (χ4n) is 3.55. The first-order chi connectivity index (χ1) is 15.5. The van der Waals surface area contributed by atoms with E-state index in [-0.39, 0.29) is 41.6 Å². The summed E-state index contributed by atoms with van der Waals surface area (Å²) in [5.41, 5.74) is 0.552. The van der Waals surface area contributed by atoms with Crippen molar-refractivity contribution in [3.8, 4) is 23.0 Å². The number of fused-ring (bicyclic) bond motifs is 3. The third-order valence-electron chi connectivity index (χ3n) is 5.02. The maximum absolute atomic E-state index is 14.1. The monoisotopic (exact) mass is 441 g/mol. The van der Waals surface area contributed by atoms with Crippen LogP contribution in [0.15, 0.2) is 52.0 Å². The third-order valence-corrected chi connectivity index (χ3v) is 5.02.